The van der Waals surface area contributed by atoms with Crippen LogP contribution in [0, 0.1) is 12.8 Å². The summed E-state index contributed by atoms with van der Waals surface area (Å²) in [6, 6.07) is 6.01. The van der Waals surface area contributed by atoms with Gasteiger partial charge in [0.15, 0.2) is 0 Å². The molecule has 0 heterocycles. The molecule has 7 nitrogen and oxygen atoms in total. The van der Waals surface area contributed by atoms with Gasteiger partial charge in [-0.25, -0.2) is 4.79 Å². The molecule has 1 aromatic carbocycles. The van der Waals surface area contributed by atoms with Crippen molar-refractivity contribution >= 4 is 17.9 Å². The molecule has 33 heavy (non-hydrogen) atoms. The summed E-state index contributed by atoms with van der Waals surface area (Å²) < 4.78 is 5.43. The standard InChI is InChI=1S/C26H41N3O4/c1-9-17(4)21(28-25(32)33-26(6,7)8)24(31)29(19-14-15-19)22(23(30)27-16(2)3)20-13-11-10-12-18(20)5/h10-13,16-17,19,21-22H,9,14-15H2,1-8H3,(H,27,30)(H,28,32). The second-order valence-corrected chi connectivity index (χ2v) is 10.4. The maximum atomic E-state index is 14.0. The highest BCUT2D eigenvalue weighted by Crippen LogP contribution is 2.37. The van der Waals surface area contributed by atoms with Gasteiger partial charge in [-0.3, -0.25) is 9.59 Å². The van der Waals surface area contributed by atoms with Gasteiger partial charge in [0.05, 0.1) is 0 Å². The summed E-state index contributed by atoms with van der Waals surface area (Å²) in [5, 5.41) is 5.80. The summed E-state index contributed by atoms with van der Waals surface area (Å²) >= 11 is 0. The van der Waals surface area contributed by atoms with Gasteiger partial charge in [-0.05, 0) is 71.4 Å². The molecule has 0 aromatic heterocycles. The highest BCUT2D eigenvalue weighted by atomic mass is 16.6. The Morgan fingerprint density at radius 1 is 1.09 bits per heavy atom. The van der Waals surface area contributed by atoms with Gasteiger partial charge in [0.25, 0.3) is 0 Å². The van der Waals surface area contributed by atoms with Crippen LogP contribution < -0.4 is 10.6 Å². The van der Waals surface area contributed by atoms with Crippen LogP contribution in [0.1, 0.15) is 84.9 Å². The van der Waals surface area contributed by atoms with E-state index >= 15 is 0 Å². The molecule has 3 atom stereocenters. The molecule has 0 radical (unpaired) electrons. The van der Waals surface area contributed by atoms with E-state index in [-0.39, 0.29) is 29.8 Å². The monoisotopic (exact) mass is 459 g/mol. The SMILES string of the molecule is CCC(C)C(NC(=O)OC(C)(C)C)C(=O)N(C1CC1)C(C(=O)NC(C)C)c1ccccc1C. The first kappa shape index (κ1) is 26.7. The van der Waals surface area contributed by atoms with Crippen LogP contribution in [0.5, 0.6) is 0 Å². The number of nitrogens with zero attached hydrogens (tertiary/aromatic N) is 1. The summed E-state index contributed by atoms with van der Waals surface area (Å²) in [5.41, 5.74) is 1.07. The fourth-order valence-electron chi connectivity index (χ4n) is 3.82. The molecule has 3 amide bonds. The van der Waals surface area contributed by atoms with Crippen LogP contribution in [-0.2, 0) is 14.3 Å². The van der Waals surface area contributed by atoms with Gasteiger partial charge in [0.1, 0.15) is 17.7 Å². The molecule has 2 rings (SSSR count). The van der Waals surface area contributed by atoms with E-state index in [9.17, 15) is 14.4 Å². The molecule has 0 saturated heterocycles. The quantitative estimate of drug-likeness (QED) is 0.569. The minimum Gasteiger partial charge on any atom is -0.444 e. The van der Waals surface area contributed by atoms with Gasteiger partial charge in [-0.15, -0.1) is 0 Å². The highest BCUT2D eigenvalue weighted by Gasteiger charge is 2.45. The number of amides is 3. The molecule has 0 bridgehead atoms. The Kier molecular flexibility index (Phi) is 8.92. The van der Waals surface area contributed by atoms with E-state index in [1.54, 1.807) is 25.7 Å². The third-order valence-corrected chi connectivity index (χ3v) is 5.79. The summed E-state index contributed by atoms with van der Waals surface area (Å²) in [6.45, 7) is 15.0. The maximum absolute atomic E-state index is 14.0. The van der Waals surface area contributed by atoms with Gasteiger partial charge in [0.2, 0.25) is 11.8 Å². The molecule has 1 fully saturated rings. The van der Waals surface area contributed by atoms with Gasteiger partial charge < -0.3 is 20.3 Å². The van der Waals surface area contributed by atoms with E-state index in [1.165, 1.54) is 0 Å². The van der Waals surface area contributed by atoms with Crippen molar-refractivity contribution in [1.82, 2.24) is 15.5 Å². The van der Waals surface area contributed by atoms with Gasteiger partial charge in [-0.2, -0.15) is 0 Å². The van der Waals surface area contributed by atoms with Crippen LogP contribution in [0.3, 0.4) is 0 Å². The number of benzene rings is 1. The Morgan fingerprint density at radius 2 is 1.70 bits per heavy atom. The number of nitrogens with one attached hydrogen (secondary N) is 2. The number of aryl methyl sites for hydroxylation is 1. The topological polar surface area (TPSA) is 87.7 Å². The number of alkyl carbamates (subject to hydrolysis) is 1. The molecular formula is C26H41N3O4. The lowest BCUT2D eigenvalue weighted by Crippen LogP contribution is -2.56. The molecule has 1 aromatic rings. The molecule has 0 aliphatic heterocycles. The van der Waals surface area contributed by atoms with Crippen molar-refractivity contribution in [2.45, 2.75) is 104 Å². The van der Waals surface area contributed by atoms with Crippen molar-refractivity contribution in [3.05, 3.63) is 35.4 Å². The molecule has 1 saturated carbocycles. The van der Waals surface area contributed by atoms with Crippen LogP contribution in [0.25, 0.3) is 0 Å². The fourth-order valence-corrected chi connectivity index (χ4v) is 3.82. The lowest BCUT2D eigenvalue weighted by molar-refractivity contribution is -0.144. The lowest BCUT2D eigenvalue weighted by Gasteiger charge is -2.37. The number of rotatable bonds is 9. The number of hydrogen-bond acceptors (Lipinski definition) is 4. The zero-order chi connectivity index (χ0) is 24.9. The Labute approximate surface area is 198 Å². The Bertz CT molecular complexity index is 842. The van der Waals surface area contributed by atoms with Crippen molar-refractivity contribution in [1.29, 1.82) is 0 Å². The first-order chi connectivity index (χ1) is 15.4. The average molecular weight is 460 g/mol. The lowest BCUT2D eigenvalue weighted by atomic mass is 9.94. The first-order valence-electron chi connectivity index (χ1n) is 12.0. The van der Waals surface area contributed by atoms with Crippen molar-refractivity contribution < 1.29 is 19.1 Å². The van der Waals surface area contributed by atoms with E-state index in [1.807, 2.05) is 58.9 Å². The largest absolute Gasteiger partial charge is 0.444 e. The van der Waals surface area contributed by atoms with Crippen LogP contribution in [0.15, 0.2) is 24.3 Å². The predicted octanol–water partition coefficient (Wildman–Crippen LogP) is 4.49. The number of ether oxygens (including phenoxy) is 1. The molecule has 1 aliphatic carbocycles. The fraction of sp³-hybridized carbons (Fsp3) is 0.654. The second kappa shape index (κ2) is 11.0. The Balaban J connectivity index is 2.47. The summed E-state index contributed by atoms with van der Waals surface area (Å²) in [6.07, 6.45) is 1.74. The molecule has 0 spiro atoms. The third-order valence-electron chi connectivity index (χ3n) is 5.79. The normalized spacial score (nSPS) is 16.5. The zero-order valence-corrected chi connectivity index (χ0v) is 21.4. The van der Waals surface area contributed by atoms with Crippen molar-refractivity contribution in [2.75, 3.05) is 0 Å². The van der Waals surface area contributed by atoms with Gasteiger partial charge in [-0.1, -0.05) is 44.5 Å². The zero-order valence-electron chi connectivity index (χ0n) is 21.4. The van der Waals surface area contributed by atoms with E-state index in [0.717, 1.165) is 24.0 Å². The van der Waals surface area contributed by atoms with Gasteiger partial charge >= 0.3 is 6.09 Å². The Morgan fingerprint density at radius 3 is 2.18 bits per heavy atom. The smallest absolute Gasteiger partial charge is 0.408 e. The molecule has 7 heteroatoms. The van der Waals surface area contributed by atoms with Crippen molar-refractivity contribution in [2.24, 2.45) is 5.92 Å². The summed E-state index contributed by atoms with van der Waals surface area (Å²) in [4.78, 5) is 41.8. The van der Waals surface area contributed by atoms with Crippen LogP contribution >= 0.6 is 0 Å². The minimum absolute atomic E-state index is 0.0352. The predicted molar refractivity (Wildman–Crippen MR) is 130 cm³/mol. The van der Waals surface area contributed by atoms with Crippen molar-refractivity contribution in [3.63, 3.8) is 0 Å². The minimum atomic E-state index is -0.788. The first-order valence-corrected chi connectivity index (χ1v) is 12.0. The second-order valence-electron chi connectivity index (χ2n) is 10.4. The Hall–Kier alpha value is -2.57. The maximum Gasteiger partial charge on any atom is 0.408 e. The molecule has 184 valence electrons. The van der Waals surface area contributed by atoms with Crippen LogP contribution in [-0.4, -0.2) is 46.5 Å². The molecular weight excluding hydrogens is 418 g/mol. The van der Waals surface area contributed by atoms with Crippen molar-refractivity contribution in [3.8, 4) is 0 Å². The summed E-state index contributed by atoms with van der Waals surface area (Å²) in [7, 11) is 0. The van der Waals surface area contributed by atoms with Crippen LogP contribution in [0.2, 0.25) is 0 Å². The highest BCUT2D eigenvalue weighted by molar-refractivity contribution is 5.93. The van der Waals surface area contributed by atoms with E-state index in [2.05, 4.69) is 10.6 Å². The number of hydrogen-bond donors (Lipinski definition) is 2. The third kappa shape index (κ3) is 7.47. The van der Waals surface area contributed by atoms with E-state index in [0.29, 0.717) is 6.42 Å². The number of carbonyl (C=O) groups excluding carboxylic acids is 3. The summed E-state index contributed by atoms with van der Waals surface area (Å²) in [5.74, 6) is -0.582. The van der Waals surface area contributed by atoms with Crippen LogP contribution in [0.4, 0.5) is 4.79 Å². The number of carbonyl (C=O) groups is 3. The molecule has 3 unspecified atom stereocenters. The molecule has 1 aliphatic rings. The van der Waals surface area contributed by atoms with E-state index < -0.39 is 23.8 Å². The van der Waals surface area contributed by atoms with E-state index in [4.69, 9.17) is 4.74 Å². The molecule has 2 N–H and O–H groups in total. The van der Waals surface area contributed by atoms with Gasteiger partial charge in [0, 0.05) is 12.1 Å². The average Bonchev–Trinajstić information content (AvgIpc) is 3.53.